The molecule has 3 N–H and O–H groups in total. The number of benzene rings is 2. The molecule has 0 aliphatic heterocycles. The maximum atomic E-state index is 12.2. The molecular weight excluding hydrogens is 304 g/mol. The first kappa shape index (κ1) is 17.5. The predicted octanol–water partition coefficient (Wildman–Crippen LogP) is 3.11. The fourth-order valence-corrected chi connectivity index (χ4v) is 2.31. The third-order valence-corrected chi connectivity index (χ3v) is 3.67. The fourth-order valence-electron chi connectivity index (χ4n) is 2.31. The first-order valence-corrected chi connectivity index (χ1v) is 7.89. The van der Waals surface area contributed by atoms with Crippen LogP contribution in [0.2, 0.25) is 0 Å². The molecule has 0 saturated heterocycles. The van der Waals surface area contributed by atoms with E-state index in [9.17, 15) is 9.59 Å². The number of rotatable bonds is 7. The Balaban J connectivity index is 1.92. The highest BCUT2D eigenvalue weighted by molar-refractivity contribution is 5.94. The van der Waals surface area contributed by atoms with Crippen molar-refractivity contribution in [2.75, 3.05) is 0 Å². The Hall–Kier alpha value is -2.82. The summed E-state index contributed by atoms with van der Waals surface area (Å²) in [5.74, 6) is 0.572. The largest absolute Gasteiger partial charge is 0.457 e. The van der Waals surface area contributed by atoms with Crippen LogP contribution in [-0.4, -0.2) is 17.9 Å². The van der Waals surface area contributed by atoms with Gasteiger partial charge in [-0.25, -0.2) is 0 Å². The van der Waals surface area contributed by atoms with Crippen LogP contribution in [0.4, 0.5) is 0 Å². The molecule has 0 aromatic heterocycles. The van der Waals surface area contributed by atoms with E-state index in [1.165, 1.54) is 0 Å². The average Bonchev–Trinajstić information content (AvgIpc) is 2.56. The normalized spacial score (nSPS) is 12.9. The van der Waals surface area contributed by atoms with Gasteiger partial charge in [0.05, 0.1) is 0 Å². The van der Waals surface area contributed by atoms with E-state index in [-0.39, 0.29) is 23.8 Å². The summed E-state index contributed by atoms with van der Waals surface area (Å²) in [6, 6.07) is 16.2. The van der Waals surface area contributed by atoms with Crippen molar-refractivity contribution in [2.45, 2.75) is 26.3 Å². The van der Waals surface area contributed by atoms with Crippen LogP contribution in [0, 0.1) is 5.92 Å². The van der Waals surface area contributed by atoms with Gasteiger partial charge in [-0.2, -0.15) is 0 Å². The molecule has 0 radical (unpaired) electrons. The molecule has 2 aromatic carbocycles. The van der Waals surface area contributed by atoms with Gasteiger partial charge in [-0.15, -0.1) is 0 Å². The quantitative estimate of drug-likeness (QED) is 0.820. The van der Waals surface area contributed by atoms with Gasteiger partial charge >= 0.3 is 0 Å². The highest BCUT2D eigenvalue weighted by Gasteiger charge is 2.16. The Morgan fingerprint density at radius 2 is 1.58 bits per heavy atom. The molecule has 0 saturated carbocycles. The van der Waals surface area contributed by atoms with Gasteiger partial charge in [-0.1, -0.05) is 25.1 Å². The van der Waals surface area contributed by atoms with Crippen LogP contribution in [0.5, 0.6) is 11.5 Å². The van der Waals surface area contributed by atoms with Crippen molar-refractivity contribution in [2.24, 2.45) is 11.7 Å². The Bertz CT molecular complexity index is 684. The molecule has 2 rings (SSSR count). The predicted molar refractivity (Wildman–Crippen MR) is 92.9 cm³/mol. The molecule has 0 aliphatic rings. The third kappa shape index (κ3) is 5.12. The number of para-hydroxylation sites is 1. The van der Waals surface area contributed by atoms with Crippen LogP contribution in [0.25, 0.3) is 0 Å². The van der Waals surface area contributed by atoms with Crippen molar-refractivity contribution in [1.29, 1.82) is 0 Å². The number of ether oxygens (including phenoxy) is 1. The summed E-state index contributed by atoms with van der Waals surface area (Å²) in [6.07, 6.45) is 0.510. The van der Waals surface area contributed by atoms with Crippen molar-refractivity contribution in [3.63, 3.8) is 0 Å². The summed E-state index contributed by atoms with van der Waals surface area (Å²) < 4.78 is 5.69. The molecule has 0 fully saturated rings. The molecule has 0 bridgehead atoms. The Kier molecular flexibility index (Phi) is 5.95. The lowest BCUT2D eigenvalue weighted by molar-refractivity contribution is -0.121. The van der Waals surface area contributed by atoms with Crippen molar-refractivity contribution < 1.29 is 14.3 Å². The van der Waals surface area contributed by atoms with Gasteiger partial charge in [0.1, 0.15) is 11.5 Å². The Morgan fingerprint density at radius 1 is 1.00 bits per heavy atom. The van der Waals surface area contributed by atoms with E-state index in [0.717, 1.165) is 5.75 Å². The minimum absolute atomic E-state index is 0.139. The number of nitrogens with one attached hydrogen (secondary N) is 1. The van der Waals surface area contributed by atoms with Gasteiger partial charge in [-0.05, 0) is 49.7 Å². The highest BCUT2D eigenvalue weighted by atomic mass is 16.5. The molecule has 2 aromatic rings. The summed E-state index contributed by atoms with van der Waals surface area (Å²) in [5.41, 5.74) is 5.78. The molecule has 2 atom stereocenters. The lowest BCUT2D eigenvalue weighted by atomic mass is 10.0. The molecular formula is C19H22N2O3. The average molecular weight is 326 g/mol. The van der Waals surface area contributed by atoms with E-state index in [0.29, 0.717) is 17.7 Å². The topological polar surface area (TPSA) is 81.4 Å². The first-order chi connectivity index (χ1) is 11.5. The number of carbonyl (C=O) groups excluding carboxylic acids is 2. The van der Waals surface area contributed by atoms with Crippen molar-refractivity contribution in [3.8, 4) is 11.5 Å². The summed E-state index contributed by atoms with van der Waals surface area (Å²) in [4.78, 5) is 23.3. The molecule has 5 nitrogen and oxygen atoms in total. The van der Waals surface area contributed by atoms with Gasteiger partial charge in [0.25, 0.3) is 5.91 Å². The van der Waals surface area contributed by atoms with E-state index >= 15 is 0 Å². The molecule has 0 heterocycles. The standard InChI is InChI=1S/C19H22N2O3/c1-13(18(20)22)12-14(2)21-19(23)15-8-10-17(11-9-15)24-16-6-4-3-5-7-16/h3-11,13-14H,12H2,1-2H3,(H2,20,22)(H,21,23). The minimum atomic E-state index is -0.362. The number of primary amides is 1. The van der Waals surface area contributed by atoms with Crippen molar-refractivity contribution >= 4 is 11.8 Å². The molecule has 2 amide bonds. The zero-order valence-corrected chi connectivity index (χ0v) is 13.9. The highest BCUT2D eigenvalue weighted by Crippen LogP contribution is 2.21. The van der Waals surface area contributed by atoms with Gasteiger partial charge in [0, 0.05) is 17.5 Å². The Morgan fingerprint density at radius 3 is 2.17 bits per heavy atom. The second-order valence-corrected chi connectivity index (χ2v) is 5.85. The summed E-state index contributed by atoms with van der Waals surface area (Å²) in [5, 5.41) is 2.86. The number of amides is 2. The zero-order chi connectivity index (χ0) is 17.5. The second kappa shape index (κ2) is 8.15. The monoisotopic (exact) mass is 326 g/mol. The molecule has 126 valence electrons. The van der Waals surface area contributed by atoms with E-state index in [4.69, 9.17) is 10.5 Å². The minimum Gasteiger partial charge on any atom is -0.457 e. The van der Waals surface area contributed by atoms with E-state index in [1.54, 1.807) is 31.2 Å². The molecule has 2 unspecified atom stereocenters. The van der Waals surface area contributed by atoms with E-state index in [1.807, 2.05) is 37.3 Å². The number of carbonyl (C=O) groups is 2. The van der Waals surface area contributed by atoms with E-state index in [2.05, 4.69) is 5.32 Å². The molecule has 24 heavy (non-hydrogen) atoms. The lowest BCUT2D eigenvalue weighted by Crippen LogP contribution is -2.36. The number of nitrogens with two attached hydrogens (primary N) is 1. The maximum Gasteiger partial charge on any atom is 0.251 e. The Labute approximate surface area is 141 Å². The van der Waals surface area contributed by atoms with Crippen LogP contribution >= 0.6 is 0 Å². The number of hydrogen-bond acceptors (Lipinski definition) is 3. The van der Waals surface area contributed by atoms with Gasteiger partial charge < -0.3 is 15.8 Å². The molecule has 0 spiro atoms. The van der Waals surface area contributed by atoms with E-state index < -0.39 is 0 Å². The fraction of sp³-hybridized carbons (Fsp3) is 0.263. The van der Waals surface area contributed by atoms with Crippen molar-refractivity contribution in [3.05, 3.63) is 60.2 Å². The third-order valence-electron chi connectivity index (χ3n) is 3.67. The summed E-state index contributed by atoms with van der Waals surface area (Å²) >= 11 is 0. The van der Waals surface area contributed by atoms with Gasteiger partial charge in [0.2, 0.25) is 5.91 Å². The summed E-state index contributed by atoms with van der Waals surface area (Å²) in [6.45, 7) is 3.60. The number of hydrogen-bond donors (Lipinski definition) is 2. The van der Waals surface area contributed by atoms with Crippen LogP contribution in [-0.2, 0) is 4.79 Å². The second-order valence-electron chi connectivity index (χ2n) is 5.85. The van der Waals surface area contributed by atoms with Crippen LogP contribution in [0.1, 0.15) is 30.6 Å². The van der Waals surface area contributed by atoms with Crippen LogP contribution < -0.4 is 15.8 Å². The van der Waals surface area contributed by atoms with Crippen molar-refractivity contribution in [1.82, 2.24) is 5.32 Å². The summed E-state index contributed by atoms with van der Waals surface area (Å²) in [7, 11) is 0. The van der Waals surface area contributed by atoms with Gasteiger partial charge in [0.15, 0.2) is 0 Å². The zero-order valence-electron chi connectivity index (χ0n) is 13.9. The molecule has 0 aliphatic carbocycles. The van der Waals surface area contributed by atoms with Crippen LogP contribution in [0.15, 0.2) is 54.6 Å². The van der Waals surface area contributed by atoms with Crippen LogP contribution in [0.3, 0.4) is 0 Å². The SMILES string of the molecule is CC(CC(C)C(N)=O)NC(=O)c1ccc(Oc2ccccc2)cc1. The maximum absolute atomic E-state index is 12.2. The first-order valence-electron chi connectivity index (χ1n) is 7.89. The van der Waals surface area contributed by atoms with Gasteiger partial charge in [-0.3, -0.25) is 9.59 Å². The molecule has 5 heteroatoms. The lowest BCUT2D eigenvalue weighted by Gasteiger charge is -2.16. The smallest absolute Gasteiger partial charge is 0.251 e.